The van der Waals surface area contributed by atoms with Crippen molar-refractivity contribution in [1.29, 1.82) is 5.26 Å². The van der Waals surface area contributed by atoms with E-state index in [0.717, 1.165) is 24.0 Å². The van der Waals surface area contributed by atoms with Gasteiger partial charge < -0.3 is 14.7 Å². The van der Waals surface area contributed by atoms with Gasteiger partial charge in [0.25, 0.3) is 0 Å². The number of carbonyl (C=O) groups is 1. The predicted octanol–water partition coefficient (Wildman–Crippen LogP) is 5.66. The van der Waals surface area contributed by atoms with Crippen molar-refractivity contribution in [2.24, 2.45) is 0 Å². The molecule has 1 aliphatic carbocycles. The molecule has 1 N–H and O–H groups in total. The Hall–Kier alpha value is -3.69. The summed E-state index contributed by atoms with van der Waals surface area (Å²) in [7, 11) is 0. The molecule has 2 atom stereocenters. The Bertz CT molecular complexity index is 1320. The average Bonchev–Trinajstić information content (AvgIpc) is 3.36. The molecule has 0 aromatic heterocycles. The van der Waals surface area contributed by atoms with E-state index in [0.29, 0.717) is 5.56 Å². The van der Waals surface area contributed by atoms with Crippen molar-refractivity contribution in [1.82, 2.24) is 4.90 Å². The first-order chi connectivity index (χ1) is 17.5. The standard InChI is InChI=1S/C30H27FN2O3/c31-28-12-9-19(13-14-32)15-27(28)30(35)16-20-10-11-21(17-30)33(20)29(34)36-18-26-24-7-3-1-5-22(24)23-6-2-4-8-25(23)26/h1-9,12,15,20-21,26,35H,10-11,13,16-18H2. The third-order valence-electron chi connectivity index (χ3n) is 8.13. The van der Waals surface area contributed by atoms with Gasteiger partial charge in [0.2, 0.25) is 0 Å². The number of nitriles is 1. The summed E-state index contributed by atoms with van der Waals surface area (Å²) in [5.41, 5.74) is 4.20. The predicted molar refractivity (Wildman–Crippen MR) is 133 cm³/mol. The number of carbonyl (C=O) groups excluding carboxylic acids is 1. The highest BCUT2D eigenvalue weighted by molar-refractivity contribution is 5.79. The number of benzene rings is 3. The Morgan fingerprint density at radius 3 is 2.25 bits per heavy atom. The fraction of sp³-hybridized carbons (Fsp3) is 0.333. The Morgan fingerprint density at radius 1 is 1.03 bits per heavy atom. The van der Waals surface area contributed by atoms with Crippen LogP contribution in [0.15, 0.2) is 66.7 Å². The zero-order valence-electron chi connectivity index (χ0n) is 19.9. The van der Waals surface area contributed by atoms with Crippen molar-refractivity contribution < 1.29 is 19.0 Å². The molecule has 6 rings (SSSR count). The van der Waals surface area contributed by atoms with Gasteiger partial charge in [0.1, 0.15) is 12.4 Å². The molecular weight excluding hydrogens is 455 g/mol. The van der Waals surface area contributed by atoms with Crippen molar-refractivity contribution in [2.45, 2.75) is 55.7 Å². The minimum absolute atomic E-state index is 0.0160. The van der Waals surface area contributed by atoms with Gasteiger partial charge in [0, 0.05) is 36.4 Å². The zero-order chi connectivity index (χ0) is 24.9. The van der Waals surface area contributed by atoms with Crippen LogP contribution in [0, 0.1) is 17.1 Å². The summed E-state index contributed by atoms with van der Waals surface area (Å²) in [5.74, 6) is -0.495. The van der Waals surface area contributed by atoms with Gasteiger partial charge in [-0.05, 0) is 52.8 Å². The van der Waals surface area contributed by atoms with E-state index < -0.39 is 11.4 Å². The normalized spacial score (nSPS) is 24.2. The lowest BCUT2D eigenvalue weighted by molar-refractivity contribution is -0.0551. The lowest BCUT2D eigenvalue weighted by Crippen LogP contribution is -2.52. The maximum Gasteiger partial charge on any atom is 0.410 e. The van der Waals surface area contributed by atoms with Crippen molar-refractivity contribution >= 4 is 6.09 Å². The first-order valence-corrected chi connectivity index (χ1v) is 12.5. The Morgan fingerprint density at radius 2 is 1.64 bits per heavy atom. The molecule has 36 heavy (non-hydrogen) atoms. The lowest BCUT2D eigenvalue weighted by atomic mass is 9.79. The van der Waals surface area contributed by atoms with Gasteiger partial charge in [0.15, 0.2) is 0 Å². The first kappa shape index (κ1) is 22.8. The second-order valence-electron chi connectivity index (χ2n) is 10.2. The molecule has 2 unspecified atom stereocenters. The van der Waals surface area contributed by atoms with Gasteiger partial charge in [-0.1, -0.05) is 54.6 Å². The van der Waals surface area contributed by atoms with Crippen LogP contribution in [0.2, 0.25) is 0 Å². The highest BCUT2D eigenvalue weighted by atomic mass is 19.1. The second-order valence-corrected chi connectivity index (χ2v) is 10.2. The summed E-state index contributed by atoms with van der Waals surface area (Å²) in [4.78, 5) is 15.1. The maximum atomic E-state index is 14.8. The monoisotopic (exact) mass is 482 g/mol. The van der Waals surface area contributed by atoms with E-state index in [9.17, 15) is 14.3 Å². The Kier molecular flexibility index (Phi) is 5.54. The zero-order valence-corrected chi connectivity index (χ0v) is 19.9. The Balaban J connectivity index is 1.19. The fourth-order valence-electron chi connectivity index (χ4n) is 6.54. The van der Waals surface area contributed by atoms with Crippen LogP contribution < -0.4 is 0 Å². The number of piperidine rings is 1. The van der Waals surface area contributed by atoms with Gasteiger partial charge in [-0.3, -0.25) is 0 Å². The molecular formula is C30H27FN2O3. The van der Waals surface area contributed by atoms with Gasteiger partial charge in [-0.25, -0.2) is 9.18 Å². The van der Waals surface area contributed by atoms with Crippen LogP contribution in [0.25, 0.3) is 11.1 Å². The highest BCUT2D eigenvalue weighted by Gasteiger charge is 2.51. The van der Waals surface area contributed by atoms with Crippen LogP contribution >= 0.6 is 0 Å². The molecule has 5 nitrogen and oxygen atoms in total. The summed E-state index contributed by atoms with van der Waals surface area (Å²) in [6.45, 7) is 0.248. The largest absolute Gasteiger partial charge is 0.448 e. The molecule has 0 saturated carbocycles. The van der Waals surface area contributed by atoms with Crippen molar-refractivity contribution in [3.63, 3.8) is 0 Å². The molecule has 2 fully saturated rings. The van der Waals surface area contributed by atoms with Crippen molar-refractivity contribution in [2.75, 3.05) is 6.61 Å². The maximum absolute atomic E-state index is 14.8. The smallest absolute Gasteiger partial charge is 0.410 e. The number of hydrogen-bond donors (Lipinski definition) is 1. The summed E-state index contributed by atoms with van der Waals surface area (Å²) in [6, 6.07) is 22.6. The van der Waals surface area contributed by atoms with E-state index in [1.165, 1.54) is 17.2 Å². The number of halogens is 1. The van der Waals surface area contributed by atoms with Crippen LogP contribution in [0.5, 0.6) is 0 Å². The van der Waals surface area contributed by atoms with E-state index in [1.54, 1.807) is 17.0 Å². The highest BCUT2D eigenvalue weighted by Crippen LogP contribution is 2.48. The van der Waals surface area contributed by atoms with Crippen LogP contribution in [0.3, 0.4) is 0 Å². The topological polar surface area (TPSA) is 73.6 Å². The molecule has 3 aromatic carbocycles. The van der Waals surface area contributed by atoms with Gasteiger partial charge >= 0.3 is 6.09 Å². The van der Waals surface area contributed by atoms with Crippen LogP contribution in [0.1, 0.15) is 53.9 Å². The number of rotatable bonds is 4. The number of amides is 1. The van der Waals surface area contributed by atoms with E-state index in [4.69, 9.17) is 10.00 Å². The SMILES string of the molecule is N#CCc1ccc(F)c(C2(O)CC3CCC(C2)N3C(=O)OCC2c3ccccc3-c3ccccc32)c1. The number of ether oxygens (including phenoxy) is 1. The molecule has 2 saturated heterocycles. The van der Waals surface area contributed by atoms with Crippen molar-refractivity contribution in [3.05, 3.63) is 94.8 Å². The molecule has 0 radical (unpaired) electrons. The second kappa shape index (κ2) is 8.76. The lowest BCUT2D eigenvalue weighted by Gasteiger charge is -2.43. The van der Waals surface area contributed by atoms with Crippen LogP contribution in [0.4, 0.5) is 9.18 Å². The molecule has 2 aliphatic heterocycles. The molecule has 2 heterocycles. The third-order valence-corrected chi connectivity index (χ3v) is 8.13. The molecule has 3 aliphatic rings. The van der Waals surface area contributed by atoms with Gasteiger partial charge in [0.05, 0.1) is 18.1 Å². The van der Waals surface area contributed by atoms with Crippen LogP contribution in [-0.2, 0) is 16.8 Å². The van der Waals surface area contributed by atoms with E-state index in [1.807, 2.05) is 24.3 Å². The van der Waals surface area contributed by atoms with Crippen LogP contribution in [-0.4, -0.2) is 34.8 Å². The summed E-state index contributed by atoms with van der Waals surface area (Å²) in [6.07, 6.45) is 1.78. The summed E-state index contributed by atoms with van der Waals surface area (Å²) in [5, 5.41) is 20.5. The molecule has 182 valence electrons. The average molecular weight is 483 g/mol. The third kappa shape index (κ3) is 3.66. The number of fused-ring (bicyclic) bond motifs is 5. The van der Waals surface area contributed by atoms with Gasteiger partial charge in [-0.2, -0.15) is 5.26 Å². The fourth-order valence-corrected chi connectivity index (χ4v) is 6.54. The molecule has 3 aromatic rings. The van der Waals surface area contributed by atoms with Gasteiger partial charge in [-0.15, -0.1) is 0 Å². The number of nitrogens with zero attached hydrogens (tertiary/aromatic N) is 2. The summed E-state index contributed by atoms with van der Waals surface area (Å²) >= 11 is 0. The molecule has 0 spiro atoms. The first-order valence-electron chi connectivity index (χ1n) is 12.5. The molecule has 1 amide bonds. The van der Waals surface area contributed by atoms with Crippen molar-refractivity contribution in [3.8, 4) is 17.2 Å². The number of aliphatic hydroxyl groups is 1. The molecule has 6 heteroatoms. The van der Waals surface area contributed by atoms with E-state index >= 15 is 0 Å². The van der Waals surface area contributed by atoms with E-state index in [-0.39, 0.29) is 55.5 Å². The molecule has 2 bridgehead atoms. The number of hydrogen-bond acceptors (Lipinski definition) is 4. The quantitative estimate of drug-likeness (QED) is 0.521. The minimum Gasteiger partial charge on any atom is -0.448 e. The Labute approximate surface area is 209 Å². The summed E-state index contributed by atoms with van der Waals surface area (Å²) < 4.78 is 20.7. The van der Waals surface area contributed by atoms with E-state index in [2.05, 4.69) is 30.3 Å². The minimum atomic E-state index is -1.37.